The quantitative estimate of drug-likeness (QED) is 0.205. The molecule has 0 saturated carbocycles. The van der Waals surface area contributed by atoms with Crippen molar-refractivity contribution in [2.45, 2.75) is 84.8 Å². The second-order valence-corrected chi connectivity index (χ2v) is 9.69. The van der Waals surface area contributed by atoms with E-state index < -0.39 is 10.8 Å². The predicted molar refractivity (Wildman–Crippen MR) is 135 cm³/mol. The van der Waals surface area contributed by atoms with Crippen molar-refractivity contribution in [2.75, 3.05) is 6.54 Å². The maximum Gasteiger partial charge on any atom is 0.282 e. The van der Waals surface area contributed by atoms with Gasteiger partial charge in [-0.05, 0) is 77.5 Å². The average molecular weight is 471 g/mol. The summed E-state index contributed by atoms with van der Waals surface area (Å²) in [6, 6.07) is 12.0. The number of unbranched alkanes of at least 4 members (excludes halogenated alkanes) is 1. The van der Waals surface area contributed by atoms with Gasteiger partial charge in [0.25, 0.3) is 11.6 Å². The number of hydrogen-bond acceptors (Lipinski definition) is 5. The van der Waals surface area contributed by atoms with Gasteiger partial charge in [-0.1, -0.05) is 32.0 Å². The maximum atomic E-state index is 12.4. The number of ether oxygens (including phenoxy) is 2. The molecule has 0 bridgehead atoms. The Balaban J connectivity index is 2.00. The Morgan fingerprint density at radius 2 is 1.62 bits per heavy atom. The van der Waals surface area contributed by atoms with Gasteiger partial charge in [0.15, 0.2) is 0 Å². The fraction of sp³-hybridized carbons (Fsp3) is 0.519. The highest BCUT2D eigenvalue weighted by molar-refractivity contribution is 5.98. The van der Waals surface area contributed by atoms with Crippen molar-refractivity contribution in [1.82, 2.24) is 5.32 Å². The van der Waals surface area contributed by atoms with Crippen molar-refractivity contribution in [3.8, 4) is 11.5 Å². The molecule has 2 aromatic rings. The summed E-state index contributed by atoms with van der Waals surface area (Å²) in [5.41, 5.74) is 0.426. The van der Waals surface area contributed by atoms with E-state index in [1.165, 1.54) is 12.1 Å². The molecule has 0 aromatic heterocycles. The molecule has 0 saturated heterocycles. The smallest absolute Gasteiger partial charge is 0.282 e. The lowest BCUT2D eigenvalue weighted by Gasteiger charge is -2.29. The molecular weight excluding hydrogens is 432 g/mol. The van der Waals surface area contributed by atoms with E-state index in [1.54, 1.807) is 12.1 Å². The third-order valence-electron chi connectivity index (χ3n) is 6.03. The van der Waals surface area contributed by atoms with Crippen molar-refractivity contribution >= 4 is 11.6 Å². The monoisotopic (exact) mass is 470 g/mol. The lowest BCUT2D eigenvalue weighted by molar-refractivity contribution is -0.385. The molecule has 0 aliphatic rings. The van der Waals surface area contributed by atoms with Crippen LogP contribution in [0.3, 0.4) is 0 Å². The van der Waals surface area contributed by atoms with Crippen LogP contribution in [-0.2, 0) is 6.42 Å². The van der Waals surface area contributed by atoms with Crippen LogP contribution in [0.1, 0.15) is 83.1 Å². The molecule has 0 aliphatic carbocycles. The topological polar surface area (TPSA) is 90.7 Å². The summed E-state index contributed by atoms with van der Waals surface area (Å²) in [6.45, 7) is 12.9. The molecule has 2 rings (SSSR count). The van der Waals surface area contributed by atoms with Crippen LogP contribution in [-0.4, -0.2) is 28.6 Å². The van der Waals surface area contributed by atoms with Crippen molar-refractivity contribution in [1.29, 1.82) is 0 Å². The van der Waals surface area contributed by atoms with Gasteiger partial charge in [-0.15, -0.1) is 0 Å². The minimum absolute atomic E-state index is 0.0792. The van der Waals surface area contributed by atoms with Crippen molar-refractivity contribution in [3.05, 3.63) is 63.7 Å². The molecule has 186 valence electrons. The van der Waals surface area contributed by atoms with Crippen LogP contribution in [0, 0.1) is 10.1 Å². The zero-order valence-electron chi connectivity index (χ0n) is 21.3. The molecule has 1 amide bonds. The molecular formula is C27H38N2O5. The van der Waals surface area contributed by atoms with Gasteiger partial charge in [0.2, 0.25) is 0 Å². The Hall–Kier alpha value is -3.09. The summed E-state index contributed by atoms with van der Waals surface area (Å²) in [7, 11) is 0. The van der Waals surface area contributed by atoms with E-state index >= 15 is 0 Å². The van der Waals surface area contributed by atoms with Crippen LogP contribution in [0.15, 0.2) is 42.5 Å². The summed E-state index contributed by atoms with van der Waals surface area (Å²) in [4.78, 5) is 23.0. The van der Waals surface area contributed by atoms with Crippen LogP contribution in [0.25, 0.3) is 0 Å². The van der Waals surface area contributed by atoms with E-state index in [-0.39, 0.29) is 22.5 Å². The first-order valence-electron chi connectivity index (χ1n) is 12.0. The predicted octanol–water partition coefficient (Wildman–Crippen LogP) is 6.48. The summed E-state index contributed by atoms with van der Waals surface area (Å²) < 4.78 is 12.5. The Labute approximate surface area is 203 Å². The standard InChI is InChI=1S/C27H38N2O5/c1-7-26(3,4)33-21-17-16-20(24(19-21)34-27(5,6)8-2)13-11-12-18-28-25(30)22-14-9-10-15-23(22)29(31)32/h9-10,14-17,19H,7-8,11-13,18H2,1-6H3,(H,28,30). The van der Waals surface area contributed by atoms with Gasteiger partial charge in [0.05, 0.1) is 4.92 Å². The molecule has 2 aromatic carbocycles. The highest BCUT2D eigenvalue weighted by Gasteiger charge is 2.22. The number of benzene rings is 2. The normalized spacial score (nSPS) is 11.7. The maximum absolute atomic E-state index is 12.4. The zero-order valence-corrected chi connectivity index (χ0v) is 21.3. The third kappa shape index (κ3) is 8.04. The first-order valence-corrected chi connectivity index (χ1v) is 12.0. The number of rotatable bonds is 13. The lowest BCUT2D eigenvalue weighted by Crippen LogP contribution is -2.28. The van der Waals surface area contributed by atoms with Gasteiger partial charge in [0, 0.05) is 18.7 Å². The molecule has 34 heavy (non-hydrogen) atoms. The number of para-hydroxylation sites is 1. The van der Waals surface area contributed by atoms with Gasteiger partial charge in [-0.3, -0.25) is 14.9 Å². The van der Waals surface area contributed by atoms with Crippen LogP contribution >= 0.6 is 0 Å². The van der Waals surface area contributed by atoms with Crippen molar-refractivity contribution in [3.63, 3.8) is 0 Å². The van der Waals surface area contributed by atoms with Gasteiger partial charge in [-0.25, -0.2) is 0 Å². The van der Waals surface area contributed by atoms with E-state index in [9.17, 15) is 14.9 Å². The highest BCUT2D eigenvalue weighted by Crippen LogP contribution is 2.32. The van der Waals surface area contributed by atoms with Crippen molar-refractivity contribution < 1.29 is 19.2 Å². The summed E-state index contributed by atoms with van der Waals surface area (Å²) in [5.74, 6) is 1.18. The van der Waals surface area contributed by atoms with Crippen LogP contribution in [0.2, 0.25) is 0 Å². The number of hydrogen-bond donors (Lipinski definition) is 1. The number of amides is 1. The first-order chi connectivity index (χ1) is 16.0. The van der Waals surface area contributed by atoms with Crippen LogP contribution < -0.4 is 14.8 Å². The molecule has 0 spiro atoms. The molecule has 7 nitrogen and oxygen atoms in total. The minimum Gasteiger partial charge on any atom is -0.488 e. The Bertz CT molecular complexity index is 985. The average Bonchev–Trinajstić information content (AvgIpc) is 2.79. The van der Waals surface area contributed by atoms with Gasteiger partial charge in [0.1, 0.15) is 28.3 Å². The van der Waals surface area contributed by atoms with Crippen LogP contribution in [0.5, 0.6) is 11.5 Å². The second kappa shape index (κ2) is 11.9. The number of nitrogens with one attached hydrogen (secondary N) is 1. The lowest BCUT2D eigenvalue weighted by atomic mass is 10.0. The van der Waals surface area contributed by atoms with Gasteiger partial charge in [-0.2, -0.15) is 0 Å². The van der Waals surface area contributed by atoms with Gasteiger partial charge >= 0.3 is 0 Å². The number of carbonyl (C=O) groups excluding carboxylic acids is 1. The Morgan fingerprint density at radius 3 is 2.26 bits per heavy atom. The minimum atomic E-state index is -0.538. The summed E-state index contributed by atoms with van der Waals surface area (Å²) >= 11 is 0. The second-order valence-electron chi connectivity index (χ2n) is 9.69. The molecule has 0 atom stereocenters. The third-order valence-corrected chi connectivity index (χ3v) is 6.03. The van der Waals surface area contributed by atoms with E-state index in [1.807, 2.05) is 18.2 Å². The fourth-order valence-electron chi connectivity index (χ4n) is 3.22. The van der Waals surface area contributed by atoms with Gasteiger partial charge < -0.3 is 14.8 Å². The molecule has 0 aliphatic heterocycles. The molecule has 1 N–H and O–H groups in total. The van der Waals surface area contributed by atoms with Crippen LogP contribution in [0.4, 0.5) is 5.69 Å². The molecule has 0 radical (unpaired) electrons. The van der Waals surface area contributed by atoms with E-state index in [4.69, 9.17) is 9.47 Å². The number of nitro groups is 1. The molecule has 0 heterocycles. The molecule has 0 fully saturated rings. The Morgan fingerprint density at radius 1 is 0.971 bits per heavy atom. The number of nitrogens with zero attached hydrogens (tertiary/aromatic N) is 1. The fourth-order valence-corrected chi connectivity index (χ4v) is 3.22. The number of aryl methyl sites for hydroxylation is 1. The molecule has 7 heteroatoms. The van der Waals surface area contributed by atoms with E-state index in [2.05, 4.69) is 46.9 Å². The zero-order chi connectivity index (χ0) is 25.4. The SMILES string of the molecule is CCC(C)(C)Oc1ccc(CCCCNC(=O)c2ccccc2[N+](=O)[O-])c(OC(C)(C)CC)c1. The number of carbonyl (C=O) groups is 1. The van der Waals surface area contributed by atoms with E-state index in [0.717, 1.165) is 49.2 Å². The summed E-state index contributed by atoms with van der Waals surface area (Å²) in [6.07, 6.45) is 4.12. The summed E-state index contributed by atoms with van der Waals surface area (Å²) in [5, 5.41) is 13.9. The number of nitro benzene ring substituents is 1. The Kier molecular flexibility index (Phi) is 9.47. The first kappa shape index (κ1) is 27.2. The molecule has 0 unspecified atom stereocenters. The van der Waals surface area contributed by atoms with Crippen molar-refractivity contribution in [2.24, 2.45) is 0 Å². The highest BCUT2D eigenvalue weighted by atomic mass is 16.6. The van der Waals surface area contributed by atoms with E-state index in [0.29, 0.717) is 6.54 Å². The largest absolute Gasteiger partial charge is 0.488 e.